The number of hydrogen-bond acceptors (Lipinski definition) is 3. The van der Waals surface area contributed by atoms with Crippen LogP contribution >= 0.6 is 23.8 Å². The monoisotopic (exact) mass is 305 g/mol. The minimum Gasteiger partial charge on any atom is -0.495 e. The zero-order valence-electron chi connectivity index (χ0n) is 11.0. The van der Waals surface area contributed by atoms with Gasteiger partial charge in [0.1, 0.15) is 5.75 Å². The Morgan fingerprint density at radius 1 is 1.30 bits per heavy atom. The van der Waals surface area contributed by atoms with Crippen molar-refractivity contribution in [3.05, 3.63) is 45.8 Å². The number of aryl methyl sites for hydroxylation is 1. The Hall–Kier alpha value is -1.85. The van der Waals surface area contributed by atoms with E-state index in [9.17, 15) is 0 Å². The standard InChI is InChI=1S/C14H12ClN3OS/c1-8-3-5-11-13(16-8)18(14(20)17-11)9-4-6-12(19-2)10(15)7-9/h3-7H,1-2H3,(H,17,20). The summed E-state index contributed by atoms with van der Waals surface area (Å²) in [6, 6.07) is 9.44. The molecule has 3 aromatic rings. The van der Waals surface area contributed by atoms with E-state index in [1.165, 1.54) is 0 Å². The van der Waals surface area contributed by atoms with Gasteiger partial charge in [-0.2, -0.15) is 0 Å². The summed E-state index contributed by atoms with van der Waals surface area (Å²) >= 11 is 11.6. The second-order valence-electron chi connectivity index (χ2n) is 4.41. The molecule has 0 amide bonds. The molecule has 3 rings (SSSR count). The number of benzene rings is 1. The second kappa shape index (κ2) is 4.92. The molecule has 20 heavy (non-hydrogen) atoms. The highest BCUT2D eigenvalue weighted by Gasteiger charge is 2.10. The zero-order valence-corrected chi connectivity index (χ0v) is 12.5. The Morgan fingerprint density at radius 2 is 2.10 bits per heavy atom. The fourth-order valence-electron chi connectivity index (χ4n) is 2.11. The molecule has 0 radical (unpaired) electrons. The maximum absolute atomic E-state index is 6.18. The lowest BCUT2D eigenvalue weighted by Gasteiger charge is -2.07. The normalized spacial score (nSPS) is 10.9. The number of aromatic nitrogens is 3. The molecule has 2 aromatic heterocycles. The average Bonchev–Trinajstić information content (AvgIpc) is 2.74. The molecular formula is C14H12ClN3OS. The Morgan fingerprint density at radius 3 is 2.80 bits per heavy atom. The van der Waals surface area contributed by atoms with Gasteiger partial charge in [-0.1, -0.05) is 11.6 Å². The third-order valence-electron chi connectivity index (χ3n) is 3.06. The van der Waals surface area contributed by atoms with Gasteiger partial charge in [-0.25, -0.2) is 4.98 Å². The molecule has 1 aromatic carbocycles. The topological polar surface area (TPSA) is 42.8 Å². The van der Waals surface area contributed by atoms with Crippen LogP contribution in [0.15, 0.2) is 30.3 Å². The Labute approximate surface area is 126 Å². The van der Waals surface area contributed by atoms with Gasteiger partial charge in [0.05, 0.1) is 23.3 Å². The van der Waals surface area contributed by atoms with E-state index in [1.54, 1.807) is 7.11 Å². The number of nitrogens with zero attached hydrogens (tertiary/aromatic N) is 2. The molecule has 0 fully saturated rings. The van der Waals surface area contributed by atoms with Crippen LogP contribution in [0.1, 0.15) is 5.69 Å². The van der Waals surface area contributed by atoms with Crippen LogP contribution in [0.5, 0.6) is 5.75 Å². The van der Waals surface area contributed by atoms with E-state index in [0.717, 1.165) is 22.5 Å². The number of nitrogens with one attached hydrogen (secondary N) is 1. The van der Waals surface area contributed by atoms with Crippen molar-refractivity contribution in [1.29, 1.82) is 0 Å². The highest BCUT2D eigenvalue weighted by molar-refractivity contribution is 7.71. The number of imidazole rings is 1. The number of H-pyrrole nitrogens is 1. The predicted molar refractivity (Wildman–Crippen MR) is 82.6 cm³/mol. The Bertz CT molecular complexity index is 853. The quantitative estimate of drug-likeness (QED) is 0.726. The molecule has 0 saturated carbocycles. The van der Waals surface area contributed by atoms with Crippen LogP contribution < -0.4 is 4.74 Å². The lowest BCUT2D eigenvalue weighted by molar-refractivity contribution is 0.415. The van der Waals surface area contributed by atoms with Crippen molar-refractivity contribution in [2.75, 3.05) is 7.11 Å². The molecule has 0 aliphatic carbocycles. The van der Waals surface area contributed by atoms with Crippen LogP contribution in [-0.4, -0.2) is 21.6 Å². The van der Waals surface area contributed by atoms with E-state index in [1.807, 2.05) is 41.8 Å². The SMILES string of the molecule is COc1ccc(-n2c(=S)[nH]c3ccc(C)nc32)cc1Cl. The first-order chi connectivity index (χ1) is 9.60. The average molecular weight is 306 g/mol. The molecule has 1 N–H and O–H groups in total. The third-order valence-corrected chi connectivity index (χ3v) is 3.64. The molecule has 0 aliphatic heterocycles. The number of aromatic amines is 1. The minimum atomic E-state index is 0.536. The van der Waals surface area contributed by atoms with E-state index in [4.69, 9.17) is 28.6 Å². The van der Waals surface area contributed by atoms with E-state index in [-0.39, 0.29) is 0 Å². The van der Waals surface area contributed by atoms with Crippen molar-refractivity contribution in [1.82, 2.24) is 14.5 Å². The fourth-order valence-corrected chi connectivity index (χ4v) is 2.67. The van der Waals surface area contributed by atoms with Gasteiger partial charge in [0.15, 0.2) is 10.4 Å². The number of halogens is 1. The second-order valence-corrected chi connectivity index (χ2v) is 5.20. The summed E-state index contributed by atoms with van der Waals surface area (Å²) in [6.45, 7) is 1.95. The van der Waals surface area contributed by atoms with E-state index in [0.29, 0.717) is 15.5 Å². The molecule has 0 aliphatic rings. The summed E-state index contributed by atoms with van der Waals surface area (Å²) < 4.78 is 7.61. The van der Waals surface area contributed by atoms with Crippen LogP contribution in [0.3, 0.4) is 0 Å². The minimum absolute atomic E-state index is 0.536. The summed E-state index contributed by atoms with van der Waals surface area (Å²) in [5.74, 6) is 0.630. The summed E-state index contributed by atoms with van der Waals surface area (Å²) in [6.07, 6.45) is 0. The van der Waals surface area contributed by atoms with Crippen LogP contribution in [0.2, 0.25) is 5.02 Å². The maximum atomic E-state index is 6.18. The van der Waals surface area contributed by atoms with Crippen molar-refractivity contribution in [3.63, 3.8) is 0 Å². The fraction of sp³-hybridized carbons (Fsp3) is 0.143. The molecule has 6 heteroatoms. The Balaban J connectivity index is 2.28. The molecule has 2 heterocycles. The Kier molecular flexibility index (Phi) is 3.23. The predicted octanol–water partition coefficient (Wildman–Crippen LogP) is 4.05. The lowest BCUT2D eigenvalue weighted by Crippen LogP contribution is -1.97. The summed E-state index contributed by atoms with van der Waals surface area (Å²) in [7, 11) is 1.59. The zero-order chi connectivity index (χ0) is 14.3. The van der Waals surface area contributed by atoms with Crippen molar-refractivity contribution >= 4 is 35.0 Å². The van der Waals surface area contributed by atoms with Crippen LogP contribution in [0.25, 0.3) is 16.9 Å². The van der Waals surface area contributed by atoms with Crippen molar-refractivity contribution in [2.24, 2.45) is 0 Å². The van der Waals surface area contributed by atoms with Gasteiger partial charge < -0.3 is 9.72 Å². The summed E-state index contributed by atoms with van der Waals surface area (Å²) in [4.78, 5) is 7.68. The summed E-state index contributed by atoms with van der Waals surface area (Å²) in [5.41, 5.74) is 3.47. The smallest absolute Gasteiger partial charge is 0.183 e. The third kappa shape index (κ3) is 2.09. The molecule has 4 nitrogen and oxygen atoms in total. The van der Waals surface area contributed by atoms with Crippen molar-refractivity contribution < 1.29 is 4.74 Å². The van der Waals surface area contributed by atoms with Gasteiger partial charge in [-0.05, 0) is 49.5 Å². The highest BCUT2D eigenvalue weighted by atomic mass is 35.5. The number of pyridine rings is 1. The van der Waals surface area contributed by atoms with Crippen LogP contribution in [0, 0.1) is 11.7 Å². The van der Waals surface area contributed by atoms with E-state index in [2.05, 4.69) is 9.97 Å². The number of hydrogen-bond donors (Lipinski definition) is 1. The van der Waals surface area contributed by atoms with Gasteiger partial charge in [0, 0.05) is 5.69 Å². The van der Waals surface area contributed by atoms with Gasteiger partial charge in [0.25, 0.3) is 0 Å². The summed E-state index contributed by atoms with van der Waals surface area (Å²) in [5, 5.41) is 0.536. The first-order valence-corrected chi connectivity index (χ1v) is 6.81. The molecule has 102 valence electrons. The van der Waals surface area contributed by atoms with Gasteiger partial charge in [-0.3, -0.25) is 4.57 Å². The number of fused-ring (bicyclic) bond motifs is 1. The number of methoxy groups -OCH3 is 1. The van der Waals surface area contributed by atoms with Gasteiger partial charge in [-0.15, -0.1) is 0 Å². The molecule has 0 bridgehead atoms. The van der Waals surface area contributed by atoms with Crippen LogP contribution in [-0.2, 0) is 0 Å². The lowest BCUT2D eigenvalue weighted by atomic mass is 10.3. The highest BCUT2D eigenvalue weighted by Crippen LogP contribution is 2.28. The molecule has 0 saturated heterocycles. The van der Waals surface area contributed by atoms with Crippen molar-refractivity contribution in [2.45, 2.75) is 6.92 Å². The molecule has 0 spiro atoms. The molecular weight excluding hydrogens is 294 g/mol. The first kappa shape index (κ1) is 13.1. The number of ether oxygens (including phenoxy) is 1. The van der Waals surface area contributed by atoms with Gasteiger partial charge in [0.2, 0.25) is 0 Å². The number of rotatable bonds is 2. The first-order valence-electron chi connectivity index (χ1n) is 6.02. The molecule has 0 atom stereocenters. The van der Waals surface area contributed by atoms with Crippen molar-refractivity contribution in [3.8, 4) is 11.4 Å². The maximum Gasteiger partial charge on any atom is 0.183 e. The van der Waals surface area contributed by atoms with E-state index >= 15 is 0 Å². The van der Waals surface area contributed by atoms with E-state index < -0.39 is 0 Å². The van der Waals surface area contributed by atoms with Gasteiger partial charge >= 0.3 is 0 Å². The van der Waals surface area contributed by atoms with Crippen LogP contribution in [0.4, 0.5) is 0 Å². The molecule has 0 unspecified atom stereocenters. The largest absolute Gasteiger partial charge is 0.495 e.